The van der Waals surface area contributed by atoms with Crippen molar-refractivity contribution < 1.29 is 33.4 Å². The number of carbonyl (C=O) groups excluding carboxylic acids is 5. The second kappa shape index (κ2) is 24.9. The highest BCUT2D eigenvalue weighted by Crippen LogP contribution is 2.29. The Morgan fingerprint density at radius 2 is 1.00 bits per heavy atom. The fraction of sp³-hybridized carbons (Fsp3) is 0.549. The van der Waals surface area contributed by atoms with Crippen molar-refractivity contribution in [3.8, 4) is 0 Å². The molecule has 0 spiro atoms. The van der Waals surface area contributed by atoms with Crippen LogP contribution in [0.4, 0.5) is 34.9 Å². The quantitative estimate of drug-likeness (QED) is 0.112. The average molecular weight is 1030 g/mol. The van der Waals surface area contributed by atoms with Crippen molar-refractivity contribution >= 4 is 64.4 Å². The molecular weight excluding hydrogens is 963 g/mol. The van der Waals surface area contributed by atoms with E-state index in [9.17, 15) is 24.0 Å². The Balaban J connectivity index is 0.000000195. The molecule has 1 aliphatic carbocycles. The van der Waals surface area contributed by atoms with E-state index in [1.807, 2.05) is 9.80 Å². The molecule has 24 nitrogen and oxygen atoms in total. The minimum absolute atomic E-state index is 0.0171. The van der Waals surface area contributed by atoms with E-state index in [0.29, 0.717) is 113 Å². The van der Waals surface area contributed by atoms with Crippen LogP contribution in [0.2, 0.25) is 0 Å². The fourth-order valence-electron chi connectivity index (χ4n) is 10.6. The predicted molar refractivity (Wildman–Crippen MR) is 279 cm³/mol. The van der Waals surface area contributed by atoms with E-state index in [-0.39, 0.29) is 58.7 Å². The maximum atomic E-state index is 13.2. The molecule has 5 amide bonds. The van der Waals surface area contributed by atoms with E-state index < -0.39 is 11.8 Å². The summed E-state index contributed by atoms with van der Waals surface area (Å²) in [4.78, 5) is 81.7. The monoisotopic (exact) mass is 1030 g/mol. The summed E-state index contributed by atoms with van der Waals surface area (Å²) in [5.74, 6) is -0.221. The minimum atomic E-state index is -0.749. The first kappa shape index (κ1) is 52.7. The number of piperidine rings is 3. The van der Waals surface area contributed by atoms with Gasteiger partial charge in [0.1, 0.15) is 0 Å². The number of nitrogens with zero attached hydrogens (tertiary/aromatic N) is 11. The average Bonchev–Trinajstić information content (AvgIpc) is 3.99. The number of carbonyl (C=O) groups is 5. The minimum Gasteiger partial charge on any atom is -0.378 e. The molecule has 2 atom stereocenters. The highest BCUT2D eigenvalue weighted by atomic mass is 16.5. The Morgan fingerprint density at radius 1 is 0.533 bits per heavy atom. The number of nitrogens with one attached hydrogen (secondary N) is 3. The molecule has 6 aliphatic rings. The molecule has 7 heterocycles. The van der Waals surface area contributed by atoms with Crippen LogP contribution in [0.5, 0.6) is 0 Å². The van der Waals surface area contributed by atoms with Gasteiger partial charge in [0, 0.05) is 98.9 Å². The molecule has 0 unspecified atom stereocenters. The molecule has 5 aliphatic heterocycles. The largest absolute Gasteiger partial charge is 0.378 e. The van der Waals surface area contributed by atoms with E-state index >= 15 is 0 Å². The van der Waals surface area contributed by atoms with E-state index in [1.54, 1.807) is 58.3 Å². The number of aromatic nitrogens is 6. The van der Waals surface area contributed by atoms with Crippen LogP contribution in [0.25, 0.3) is 0 Å². The Morgan fingerprint density at radius 3 is 1.47 bits per heavy atom. The van der Waals surface area contributed by atoms with Crippen molar-refractivity contribution in [2.45, 2.75) is 82.3 Å². The van der Waals surface area contributed by atoms with Crippen molar-refractivity contribution in [1.29, 1.82) is 0 Å². The molecule has 2 aromatic heterocycles. The van der Waals surface area contributed by atoms with Crippen LogP contribution < -0.4 is 43.0 Å². The summed E-state index contributed by atoms with van der Waals surface area (Å²) in [6.07, 6.45) is 10.7. The van der Waals surface area contributed by atoms with Crippen LogP contribution in [-0.2, 0) is 14.3 Å². The van der Waals surface area contributed by atoms with Gasteiger partial charge in [-0.05, 0) is 113 Å². The van der Waals surface area contributed by atoms with Crippen LogP contribution >= 0.6 is 0 Å². The number of hydrogen-bond acceptors (Lipinski definition) is 19. The highest BCUT2D eigenvalue weighted by molar-refractivity contribution is 5.98. The van der Waals surface area contributed by atoms with Crippen molar-refractivity contribution in [3.05, 3.63) is 71.0 Å². The number of benzene rings is 2. The number of likely N-dealkylation sites (tertiary alicyclic amines) is 1. The second-order valence-corrected chi connectivity index (χ2v) is 20.0. The lowest BCUT2D eigenvalue weighted by atomic mass is 9.93. The molecule has 400 valence electrons. The predicted octanol–water partition coefficient (Wildman–Crippen LogP) is 2.04. The molecule has 2 aromatic carbocycles. The summed E-state index contributed by atoms with van der Waals surface area (Å²) in [5.41, 5.74) is 19.4. The molecular formula is C51H69N17O7. The lowest BCUT2D eigenvalue weighted by molar-refractivity contribution is -0.127. The Labute approximate surface area is 435 Å². The first-order chi connectivity index (χ1) is 36.4. The molecule has 0 radical (unpaired) electrons. The van der Waals surface area contributed by atoms with Gasteiger partial charge < -0.3 is 67.1 Å². The van der Waals surface area contributed by atoms with E-state index in [4.69, 9.17) is 26.7 Å². The van der Waals surface area contributed by atoms with E-state index in [0.717, 1.165) is 58.2 Å². The van der Waals surface area contributed by atoms with Crippen LogP contribution in [0.3, 0.4) is 0 Å². The SMILES string of the molecule is NC(=O)c1nnc(N2CCC[C@@H](N)C2)nc1Nc1ccc(C(=O)N2CCOCC2)cc1.NC(=O)c1nnc(N2CCC[C@@H](NC(=O)C3CCN(C4CCCC4)CC3)C2)nc1Nc1ccc(C(=O)N2CCOCC2)cc1. The smallest absolute Gasteiger partial charge is 0.273 e. The number of ether oxygens (including phenoxy) is 2. The van der Waals surface area contributed by atoms with Gasteiger partial charge in [0.2, 0.25) is 17.8 Å². The lowest BCUT2D eigenvalue weighted by Gasteiger charge is -2.37. The zero-order valence-corrected chi connectivity index (χ0v) is 42.4. The lowest BCUT2D eigenvalue weighted by Crippen LogP contribution is -2.51. The Hall–Kier alpha value is -7.15. The first-order valence-electron chi connectivity index (χ1n) is 26.3. The summed E-state index contributed by atoms with van der Waals surface area (Å²) in [6.45, 7) is 9.13. The molecule has 5 saturated heterocycles. The Bertz CT molecular complexity index is 2620. The number of hydrogen-bond donors (Lipinski definition) is 6. The second-order valence-electron chi connectivity index (χ2n) is 20.0. The molecule has 4 aromatic rings. The van der Waals surface area contributed by atoms with Gasteiger partial charge in [-0.15, -0.1) is 20.4 Å². The first-order valence-corrected chi connectivity index (χ1v) is 26.3. The molecule has 0 bridgehead atoms. The third kappa shape index (κ3) is 13.6. The molecule has 10 rings (SSSR count). The molecule has 75 heavy (non-hydrogen) atoms. The summed E-state index contributed by atoms with van der Waals surface area (Å²) >= 11 is 0. The van der Waals surface area contributed by atoms with E-state index in [1.165, 1.54) is 25.7 Å². The molecule has 9 N–H and O–H groups in total. The zero-order valence-electron chi connectivity index (χ0n) is 42.4. The third-order valence-corrected chi connectivity index (χ3v) is 14.7. The van der Waals surface area contributed by atoms with Crippen LogP contribution in [0.15, 0.2) is 48.5 Å². The van der Waals surface area contributed by atoms with Gasteiger partial charge in [0.15, 0.2) is 23.0 Å². The van der Waals surface area contributed by atoms with Gasteiger partial charge in [-0.3, -0.25) is 24.0 Å². The summed E-state index contributed by atoms with van der Waals surface area (Å²) in [7, 11) is 0. The van der Waals surface area contributed by atoms with Crippen molar-refractivity contribution in [2.24, 2.45) is 23.1 Å². The molecule has 1 saturated carbocycles. The summed E-state index contributed by atoms with van der Waals surface area (Å²) in [5, 5.41) is 25.8. The van der Waals surface area contributed by atoms with Crippen molar-refractivity contribution in [3.63, 3.8) is 0 Å². The Kier molecular flexibility index (Phi) is 17.5. The van der Waals surface area contributed by atoms with Crippen LogP contribution in [0.1, 0.15) is 106 Å². The standard InChI is InChI=1S/C31H43N9O4.C20H26N8O3/c32-27(41)26-28(33-23-9-7-22(8-10-23)30(43)39-16-18-44-19-17-39)35-31(37-36-26)40-13-3-4-24(20-40)34-29(42)21-11-14-38(15-12-21)25-5-1-2-6-25;21-14-2-1-7-28(12-14)20-24-18(16(17(22)29)25-26-20)23-15-5-3-13(4-6-15)19(30)27-8-10-31-11-9-27/h7-10,21,24-25H,1-6,11-20H2,(H2,32,41)(H,34,42)(H,33,35,37);3-6,14H,1-2,7-12,21H2,(H2,22,29)(H,23,24,26)/t24-;14-/m11/s1. The van der Waals surface area contributed by atoms with Gasteiger partial charge in [-0.1, -0.05) is 12.8 Å². The summed E-state index contributed by atoms with van der Waals surface area (Å²) < 4.78 is 10.6. The number of amides is 5. The van der Waals surface area contributed by atoms with Gasteiger partial charge >= 0.3 is 0 Å². The third-order valence-electron chi connectivity index (χ3n) is 14.7. The summed E-state index contributed by atoms with van der Waals surface area (Å²) in [6, 6.07) is 14.7. The fourth-order valence-corrected chi connectivity index (χ4v) is 10.6. The zero-order chi connectivity index (χ0) is 52.3. The normalized spacial score (nSPS) is 20.9. The van der Waals surface area contributed by atoms with Gasteiger partial charge in [-0.25, -0.2) is 0 Å². The number of primary amides is 2. The maximum absolute atomic E-state index is 13.2. The number of morpholine rings is 2. The number of anilines is 6. The maximum Gasteiger partial charge on any atom is 0.273 e. The molecule has 6 fully saturated rings. The van der Waals surface area contributed by atoms with Crippen LogP contribution in [0, 0.1) is 5.92 Å². The van der Waals surface area contributed by atoms with Crippen molar-refractivity contribution in [2.75, 3.05) is 112 Å². The van der Waals surface area contributed by atoms with Gasteiger partial charge in [0.05, 0.1) is 26.4 Å². The van der Waals surface area contributed by atoms with Gasteiger partial charge in [0.25, 0.3) is 23.6 Å². The van der Waals surface area contributed by atoms with Crippen LogP contribution in [-0.4, -0.2) is 185 Å². The number of rotatable bonds is 13. The highest BCUT2D eigenvalue weighted by Gasteiger charge is 2.33. The van der Waals surface area contributed by atoms with E-state index in [2.05, 4.69) is 51.2 Å². The molecule has 24 heteroatoms. The van der Waals surface area contributed by atoms with Crippen molar-refractivity contribution in [1.82, 2.24) is 50.4 Å². The van der Waals surface area contributed by atoms with Gasteiger partial charge in [-0.2, -0.15) is 9.97 Å². The topological polar surface area (TPSA) is 311 Å². The number of nitrogens with two attached hydrogens (primary N) is 3.